The van der Waals surface area contributed by atoms with Crippen molar-refractivity contribution in [2.75, 3.05) is 24.2 Å². The van der Waals surface area contributed by atoms with E-state index in [1.54, 1.807) is 6.07 Å². The molecule has 0 bridgehead atoms. The molecule has 1 aliphatic carbocycles. The largest absolute Gasteiger partial charge is 0.491 e. The average molecular weight is 268 g/mol. The van der Waals surface area contributed by atoms with Crippen molar-refractivity contribution in [2.45, 2.75) is 32.3 Å². The highest BCUT2D eigenvalue weighted by molar-refractivity contribution is 5.68. The van der Waals surface area contributed by atoms with Gasteiger partial charge in [0.2, 0.25) is 0 Å². The Morgan fingerprint density at radius 1 is 1.47 bits per heavy atom. The van der Waals surface area contributed by atoms with Crippen molar-refractivity contribution < 1.29 is 14.2 Å². The van der Waals surface area contributed by atoms with Crippen LogP contribution in [0.15, 0.2) is 12.1 Å². The summed E-state index contributed by atoms with van der Waals surface area (Å²) in [7, 11) is 0. The number of hydrogen-bond acceptors (Lipinski definition) is 4. The molecule has 1 saturated carbocycles. The molecule has 106 valence electrons. The number of anilines is 2. The maximum atomic E-state index is 13.5. The fraction of sp³-hybridized carbons (Fsp3) is 0.571. The van der Waals surface area contributed by atoms with E-state index in [4.69, 9.17) is 10.5 Å². The van der Waals surface area contributed by atoms with E-state index in [-0.39, 0.29) is 11.9 Å². The van der Waals surface area contributed by atoms with Crippen molar-refractivity contribution in [3.63, 3.8) is 0 Å². The van der Waals surface area contributed by atoms with Crippen LogP contribution in [0.25, 0.3) is 0 Å². The van der Waals surface area contributed by atoms with Gasteiger partial charge in [0, 0.05) is 18.7 Å². The lowest BCUT2D eigenvalue weighted by molar-refractivity contribution is 0.178. The molecule has 2 rings (SSSR count). The Labute approximate surface area is 112 Å². The Hall–Kier alpha value is -1.49. The lowest BCUT2D eigenvalue weighted by Crippen LogP contribution is -2.14. The number of hydrogen-bond donors (Lipinski definition) is 3. The third kappa shape index (κ3) is 3.50. The van der Waals surface area contributed by atoms with Gasteiger partial charge in [-0.3, -0.25) is 0 Å². The standard InChI is InChI=1S/C14H21FN2O2/c1-2-19-14-7-13(12(16)6-11(14)15)17-8-9-3-4-10(18)5-9/h6-7,9-10,17-18H,2-5,8,16H2,1H3. The van der Waals surface area contributed by atoms with Crippen LogP contribution in [0.2, 0.25) is 0 Å². The first-order valence-corrected chi connectivity index (χ1v) is 6.74. The van der Waals surface area contributed by atoms with Gasteiger partial charge in [0.25, 0.3) is 0 Å². The highest BCUT2D eigenvalue weighted by Crippen LogP contribution is 2.30. The van der Waals surface area contributed by atoms with Gasteiger partial charge in [-0.15, -0.1) is 0 Å². The van der Waals surface area contributed by atoms with Gasteiger partial charge in [0.1, 0.15) is 0 Å². The number of nitrogens with two attached hydrogens (primary N) is 1. The lowest BCUT2D eigenvalue weighted by Gasteiger charge is -2.15. The van der Waals surface area contributed by atoms with Crippen molar-refractivity contribution >= 4 is 11.4 Å². The zero-order chi connectivity index (χ0) is 13.8. The zero-order valence-electron chi connectivity index (χ0n) is 11.2. The predicted octanol–water partition coefficient (Wildman–Crippen LogP) is 2.38. The fourth-order valence-corrected chi connectivity index (χ4v) is 2.48. The van der Waals surface area contributed by atoms with E-state index in [1.165, 1.54) is 6.07 Å². The fourth-order valence-electron chi connectivity index (χ4n) is 2.48. The minimum Gasteiger partial charge on any atom is -0.491 e. The monoisotopic (exact) mass is 268 g/mol. The second-order valence-corrected chi connectivity index (χ2v) is 5.02. The summed E-state index contributed by atoms with van der Waals surface area (Å²) in [6.07, 6.45) is 2.49. The molecule has 1 aromatic carbocycles. The maximum Gasteiger partial charge on any atom is 0.167 e. The summed E-state index contributed by atoms with van der Waals surface area (Å²) in [6, 6.07) is 2.87. The number of rotatable bonds is 5. The quantitative estimate of drug-likeness (QED) is 0.717. The molecule has 0 spiro atoms. The molecular formula is C14H21FN2O2. The van der Waals surface area contributed by atoms with Crippen LogP contribution < -0.4 is 15.8 Å². The first-order valence-electron chi connectivity index (χ1n) is 6.74. The molecule has 0 heterocycles. The SMILES string of the molecule is CCOc1cc(NCC2CCC(O)C2)c(N)cc1F. The molecule has 0 aromatic heterocycles. The molecule has 1 aliphatic rings. The van der Waals surface area contributed by atoms with Gasteiger partial charge in [-0.25, -0.2) is 4.39 Å². The molecule has 4 nitrogen and oxygen atoms in total. The summed E-state index contributed by atoms with van der Waals surface area (Å²) in [6.45, 7) is 2.95. The summed E-state index contributed by atoms with van der Waals surface area (Å²) in [5, 5.41) is 12.7. The van der Waals surface area contributed by atoms with Crippen LogP contribution in [0.1, 0.15) is 26.2 Å². The molecule has 5 heteroatoms. The van der Waals surface area contributed by atoms with Crippen molar-refractivity contribution in [3.8, 4) is 5.75 Å². The molecule has 0 radical (unpaired) electrons. The van der Waals surface area contributed by atoms with Crippen LogP contribution in [-0.2, 0) is 0 Å². The Kier molecular flexibility index (Phi) is 4.47. The Morgan fingerprint density at radius 2 is 2.26 bits per heavy atom. The van der Waals surface area contributed by atoms with Crippen LogP contribution in [-0.4, -0.2) is 24.4 Å². The number of aliphatic hydroxyl groups is 1. The normalized spacial score (nSPS) is 22.5. The van der Waals surface area contributed by atoms with Gasteiger partial charge in [0.15, 0.2) is 11.6 Å². The Balaban J connectivity index is 2.00. The topological polar surface area (TPSA) is 67.5 Å². The highest BCUT2D eigenvalue weighted by atomic mass is 19.1. The minimum atomic E-state index is -0.443. The number of benzene rings is 1. The van der Waals surface area contributed by atoms with E-state index in [0.717, 1.165) is 25.8 Å². The molecule has 2 unspecified atom stereocenters. The van der Waals surface area contributed by atoms with E-state index in [9.17, 15) is 9.50 Å². The van der Waals surface area contributed by atoms with Gasteiger partial charge in [-0.2, -0.15) is 0 Å². The maximum absolute atomic E-state index is 13.5. The number of aliphatic hydroxyl groups excluding tert-OH is 1. The summed E-state index contributed by atoms with van der Waals surface area (Å²) in [4.78, 5) is 0. The lowest BCUT2D eigenvalue weighted by atomic mass is 10.1. The van der Waals surface area contributed by atoms with Crippen LogP contribution in [0.3, 0.4) is 0 Å². The Bertz CT molecular complexity index is 440. The van der Waals surface area contributed by atoms with E-state index >= 15 is 0 Å². The number of nitrogen functional groups attached to an aromatic ring is 1. The second-order valence-electron chi connectivity index (χ2n) is 5.02. The average Bonchev–Trinajstić information content (AvgIpc) is 2.77. The minimum absolute atomic E-state index is 0.184. The molecule has 0 amide bonds. The summed E-state index contributed by atoms with van der Waals surface area (Å²) < 4.78 is 18.8. The van der Waals surface area contributed by atoms with Gasteiger partial charge in [-0.1, -0.05) is 0 Å². The smallest absolute Gasteiger partial charge is 0.167 e. The second kappa shape index (κ2) is 6.10. The number of nitrogens with one attached hydrogen (secondary N) is 1. The van der Waals surface area contributed by atoms with Gasteiger partial charge >= 0.3 is 0 Å². The van der Waals surface area contributed by atoms with Gasteiger partial charge in [-0.05, 0) is 32.1 Å². The first kappa shape index (κ1) is 13.9. The van der Waals surface area contributed by atoms with Crippen molar-refractivity contribution in [1.82, 2.24) is 0 Å². The van der Waals surface area contributed by atoms with Crippen LogP contribution in [0.4, 0.5) is 15.8 Å². The predicted molar refractivity (Wildman–Crippen MR) is 73.8 cm³/mol. The van der Waals surface area contributed by atoms with E-state index in [0.29, 0.717) is 23.9 Å². The third-order valence-corrected chi connectivity index (χ3v) is 3.50. The Morgan fingerprint density at radius 3 is 2.89 bits per heavy atom. The zero-order valence-corrected chi connectivity index (χ0v) is 11.2. The van der Waals surface area contributed by atoms with Crippen LogP contribution in [0, 0.1) is 11.7 Å². The molecule has 1 aromatic rings. The van der Waals surface area contributed by atoms with E-state index in [2.05, 4.69) is 5.32 Å². The summed E-state index contributed by atoms with van der Waals surface area (Å²) >= 11 is 0. The van der Waals surface area contributed by atoms with Crippen molar-refractivity contribution in [3.05, 3.63) is 17.9 Å². The third-order valence-electron chi connectivity index (χ3n) is 3.50. The molecule has 0 aliphatic heterocycles. The molecule has 4 N–H and O–H groups in total. The number of halogens is 1. The van der Waals surface area contributed by atoms with Crippen molar-refractivity contribution in [1.29, 1.82) is 0 Å². The molecular weight excluding hydrogens is 247 g/mol. The highest BCUT2D eigenvalue weighted by Gasteiger charge is 2.22. The van der Waals surface area contributed by atoms with Crippen LogP contribution in [0.5, 0.6) is 5.75 Å². The summed E-state index contributed by atoms with van der Waals surface area (Å²) in [5.41, 5.74) is 6.85. The molecule has 19 heavy (non-hydrogen) atoms. The van der Waals surface area contributed by atoms with E-state index < -0.39 is 5.82 Å². The molecule has 1 fully saturated rings. The van der Waals surface area contributed by atoms with Gasteiger partial charge in [0.05, 0.1) is 24.1 Å². The number of ether oxygens (including phenoxy) is 1. The van der Waals surface area contributed by atoms with Crippen molar-refractivity contribution in [2.24, 2.45) is 5.92 Å². The molecule has 0 saturated heterocycles. The van der Waals surface area contributed by atoms with Gasteiger partial charge < -0.3 is 20.9 Å². The molecule has 2 atom stereocenters. The first-order chi connectivity index (χ1) is 9.10. The van der Waals surface area contributed by atoms with Crippen LogP contribution >= 0.6 is 0 Å². The summed E-state index contributed by atoms with van der Waals surface area (Å²) in [5.74, 6) is 0.210. The van der Waals surface area contributed by atoms with E-state index in [1.807, 2.05) is 6.92 Å².